The summed E-state index contributed by atoms with van der Waals surface area (Å²) in [6.07, 6.45) is 2.97. The SMILES string of the molecule is CCc1ccc(CC(=O)N2CCC(CS(=O)(=O)C(C)(C)C)CC2)cc1. The Labute approximate surface area is 152 Å². The molecule has 0 atom stereocenters. The Morgan fingerprint density at radius 3 is 2.08 bits per heavy atom. The highest BCUT2D eigenvalue weighted by Gasteiger charge is 2.33. The normalized spacial score (nSPS) is 16.9. The molecule has 0 bridgehead atoms. The number of nitrogens with zero attached hydrogens (tertiary/aromatic N) is 1. The van der Waals surface area contributed by atoms with E-state index in [0.717, 1.165) is 24.8 Å². The van der Waals surface area contributed by atoms with Crippen LogP contribution in [0.2, 0.25) is 0 Å². The zero-order chi connectivity index (χ0) is 18.7. The summed E-state index contributed by atoms with van der Waals surface area (Å²) >= 11 is 0. The van der Waals surface area contributed by atoms with Gasteiger partial charge in [0.25, 0.3) is 0 Å². The highest BCUT2D eigenvalue weighted by molar-refractivity contribution is 7.92. The second kappa shape index (κ2) is 7.90. The molecule has 1 aromatic carbocycles. The van der Waals surface area contributed by atoms with E-state index in [0.29, 0.717) is 19.5 Å². The van der Waals surface area contributed by atoms with Crippen LogP contribution in [-0.2, 0) is 27.5 Å². The lowest BCUT2D eigenvalue weighted by atomic mass is 9.98. The number of sulfone groups is 1. The first-order valence-electron chi connectivity index (χ1n) is 9.20. The van der Waals surface area contributed by atoms with Gasteiger partial charge in [-0.05, 0) is 57.1 Å². The second-order valence-electron chi connectivity index (χ2n) is 8.06. The zero-order valence-electron chi connectivity index (χ0n) is 15.9. The van der Waals surface area contributed by atoms with Crippen molar-refractivity contribution in [2.24, 2.45) is 5.92 Å². The molecular weight excluding hydrogens is 334 g/mol. The Hall–Kier alpha value is -1.36. The Morgan fingerprint density at radius 1 is 1.08 bits per heavy atom. The molecule has 4 nitrogen and oxygen atoms in total. The van der Waals surface area contributed by atoms with Crippen molar-refractivity contribution >= 4 is 15.7 Å². The van der Waals surface area contributed by atoms with Gasteiger partial charge >= 0.3 is 0 Å². The minimum absolute atomic E-state index is 0.140. The number of hydrogen-bond donors (Lipinski definition) is 0. The van der Waals surface area contributed by atoms with Gasteiger partial charge in [0.1, 0.15) is 0 Å². The van der Waals surface area contributed by atoms with E-state index in [-0.39, 0.29) is 17.6 Å². The number of carbonyl (C=O) groups excluding carboxylic acids is 1. The van der Waals surface area contributed by atoms with Crippen molar-refractivity contribution in [3.05, 3.63) is 35.4 Å². The summed E-state index contributed by atoms with van der Waals surface area (Å²) in [4.78, 5) is 14.4. The largest absolute Gasteiger partial charge is 0.342 e. The fourth-order valence-electron chi connectivity index (χ4n) is 3.09. The molecule has 0 spiro atoms. The number of piperidine rings is 1. The number of aryl methyl sites for hydroxylation is 1. The molecule has 0 aromatic heterocycles. The van der Waals surface area contributed by atoms with Gasteiger partial charge in [0, 0.05) is 13.1 Å². The topological polar surface area (TPSA) is 54.5 Å². The predicted octanol–water partition coefficient (Wildman–Crippen LogP) is 3.24. The van der Waals surface area contributed by atoms with Crippen LogP contribution in [0.25, 0.3) is 0 Å². The summed E-state index contributed by atoms with van der Waals surface area (Å²) in [7, 11) is -3.09. The summed E-state index contributed by atoms with van der Waals surface area (Å²) in [5.41, 5.74) is 2.32. The van der Waals surface area contributed by atoms with E-state index in [1.165, 1.54) is 5.56 Å². The van der Waals surface area contributed by atoms with Gasteiger partial charge in [-0.2, -0.15) is 0 Å². The van der Waals surface area contributed by atoms with Crippen molar-refractivity contribution in [1.29, 1.82) is 0 Å². The lowest BCUT2D eigenvalue weighted by Crippen LogP contribution is -2.42. The lowest BCUT2D eigenvalue weighted by Gasteiger charge is -2.33. The van der Waals surface area contributed by atoms with Crippen molar-refractivity contribution in [2.75, 3.05) is 18.8 Å². The van der Waals surface area contributed by atoms with Gasteiger partial charge in [-0.3, -0.25) is 4.79 Å². The van der Waals surface area contributed by atoms with E-state index in [4.69, 9.17) is 0 Å². The van der Waals surface area contributed by atoms with Crippen LogP contribution in [0.4, 0.5) is 0 Å². The number of rotatable bonds is 5. The quantitative estimate of drug-likeness (QED) is 0.805. The van der Waals surface area contributed by atoms with E-state index >= 15 is 0 Å². The molecule has 25 heavy (non-hydrogen) atoms. The molecule has 140 valence electrons. The first-order chi connectivity index (χ1) is 11.6. The molecule has 0 saturated carbocycles. The Kier molecular flexibility index (Phi) is 6.30. The van der Waals surface area contributed by atoms with Crippen molar-refractivity contribution < 1.29 is 13.2 Å². The van der Waals surface area contributed by atoms with Gasteiger partial charge in [0.15, 0.2) is 9.84 Å². The van der Waals surface area contributed by atoms with Gasteiger partial charge in [0.2, 0.25) is 5.91 Å². The molecule has 0 radical (unpaired) electrons. The Morgan fingerprint density at radius 2 is 1.60 bits per heavy atom. The monoisotopic (exact) mass is 365 g/mol. The highest BCUT2D eigenvalue weighted by Crippen LogP contribution is 2.25. The molecule has 1 heterocycles. The van der Waals surface area contributed by atoms with E-state index in [9.17, 15) is 13.2 Å². The molecule has 0 unspecified atom stereocenters. The minimum atomic E-state index is -3.09. The first kappa shape index (κ1) is 20.0. The number of amides is 1. The highest BCUT2D eigenvalue weighted by atomic mass is 32.2. The van der Waals surface area contributed by atoms with Crippen LogP contribution in [0, 0.1) is 5.92 Å². The molecule has 1 aromatic rings. The van der Waals surface area contributed by atoms with Crippen molar-refractivity contribution in [1.82, 2.24) is 4.90 Å². The molecule has 0 aliphatic carbocycles. The van der Waals surface area contributed by atoms with Gasteiger partial charge < -0.3 is 4.90 Å². The van der Waals surface area contributed by atoms with Crippen LogP contribution in [-0.4, -0.2) is 42.8 Å². The maximum atomic E-state index is 12.5. The van der Waals surface area contributed by atoms with Crippen LogP contribution < -0.4 is 0 Å². The summed E-state index contributed by atoms with van der Waals surface area (Å²) in [6, 6.07) is 8.21. The van der Waals surface area contributed by atoms with Crippen LogP contribution >= 0.6 is 0 Å². The predicted molar refractivity (Wildman–Crippen MR) is 102 cm³/mol. The molecule has 0 N–H and O–H groups in total. The first-order valence-corrected chi connectivity index (χ1v) is 10.9. The van der Waals surface area contributed by atoms with E-state index in [1.54, 1.807) is 20.8 Å². The van der Waals surface area contributed by atoms with E-state index < -0.39 is 14.6 Å². The molecule has 1 amide bonds. The minimum Gasteiger partial charge on any atom is -0.342 e. The zero-order valence-corrected chi connectivity index (χ0v) is 16.7. The molecule has 1 saturated heterocycles. The van der Waals surface area contributed by atoms with Gasteiger partial charge in [-0.1, -0.05) is 31.2 Å². The third-order valence-electron chi connectivity index (χ3n) is 5.14. The van der Waals surface area contributed by atoms with Crippen LogP contribution in [0.5, 0.6) is 0 Å². The maximum Gasteiger partial charge on any atom is 0.226 e. The maximum absolute atomic E-state index is 12.5. The summed E-state index contributed by atoms with van der Waals surface area (Å²) in [5, 5.41) is 0. The number of likely N-dealkylation sites (tertiary alicyclic amines) is 1. The van der Waals surface area contributed by atoms with Gasteiger partial charge in [0.05, 0.1) is 16.9 Å². The van der Waals surface area contributed by atoms with Crippen molar-refractivity contribution in [3.8, 4) is 0 Å². The van der Waals surface area contributed by atoms with Crippen LogP contribution in [0.3, 0.4) is 0 Å². The second-order valence-corrected chi connectivity index (χ2v) is 10.9. The average molecular weight is 366 g/mol. The molecule has 1 aliphatic rings. The molecule has 1 fully saturated rings. The molecule has 2 rings (SSSR count). The molecular formula is C20H31NO3S. The van der Waals surface area contributed by atoms with Gasteiger partial charge in [-0.25, -0.2) is 8.42 Å². The fraction of sp³-hybridized carbons (Fsp3) is 0.650. The fourth-order valence-corrected chi connectivity index (χ4v) is 4.54. The third kappa shape index (κ3) is 5.30. The number of hydrogen-bond acceptors (Lipinski definition) is 3. The number of benzene rings is 1. The van der Waals surface area contributed by atoms with E-state index in [2.05, 4.69) is 19.1 Å². The van der Waals surface area contributed by atoms with Crippen molar-refractivity contribution in [2.45, 2.75) is 58.1 Å². The van der Waals surface area contributed by atoms with Crippen molar-refractivity contribution in [3.63, 3.8) is 0 Å². The summed E-state index contributed by atoms with van der Waals surface area (Å²) in [6.45, 7) is 8.71. The average Bonchev–Trinajstić information content (AvgIpc) is 2.55. The summed E-state index contributed by atoms with van der Waals surface area (Å²) in [5.74, 6) is 0.537. The lowest BCUT2D eigenvalue weighted by molar-refractivity contribution is -0.131. The van der Waals surface area contributed by atoms with Gasteiger partial charge in [-0.15, -0.1) is 0 Å². The van der Waals surface area contributed by atoms with E-state index in [1.807, 2.05) is 17.0 Å². The standard InChI is InChI=1S/C20H31NO3S/c1-5-16-6-8-17(9-7-16)14-19(22)21-12-10-18(11-13-21)15-25(23,24)20(2,3)4/h6-9,18H,5,10-15H2,1-4H3. The van der Waals surface area contributed by atoms with Crippen LogP contribution in [0.15, 0.2) is 24.3 Å². The van der Waals surface area contributed by atoms with Crippen LogP contribution in [0.1, 0.15) is 51.7 Å². The third-order valence-corrected chi connectivity index (χ3v) is 7.92. The summed E-state index contributed by atoms with van der Waals surface area (Å²) < 4.78 is 24.0. The molecule has 5 heteroatoms. The molecule has 1 aliphatic heterocycles. The number of carbonyl (C=O) groups is 1. The smallest absolute Gasteiger partial charge is 0.226 e. The Bertz CT molecular complexity index is 679. The Balaban J connectivity index is 1.85.